The molecular weight excluding hydrogens is 284 g/mol. The standard InChI is InChI=1S/C15H14N4O3/c1-10-6-11(2)18-8-12(17-15(18)16-10)9-22-14-5-3-4-13(7-14)19(20)21/h3-8H,9H2,1-2H3. The van der Waals surface area contributed by atoms with Crippen LogP contribution in [0.1, 0.15) is 17.1 Å². The van der Waals surface area contributed by atoms with Crippen molar-refractivity contribution in [2.24, 2.45) is 0 Å². The Labute approximate surface area is 126 Å². The molecule has 0 radical (unpaired) electrons. The van der Waals surface area contributed by atoms with Gasteiger partial charge in [-0.15, -0.1) is 0 Å². The second kappa shape index (κ2) is 5.44. The van der Waals surface area contributed by atoms with E-state index >= 15 is 0 Å². The van der Waals surface area contributed by atoms with Crippen molar-refractivity contribution in [1.29, 1.82) is 0 Å². The van der Waals surface area contributed by atoms with Crippen molar-refractivity contribution < 1.29 is 9.66 Å². The lowest BCUT2D eigenvalue weighted by molar-refractivity contribution is -0.384. The number of aryl methyl sites for hydroxylation is 2. The van der Waals surface area contributed by atoms with Gasteiger partial charge in [0.1, 0.15) is 12.4 Å². The number of nitro benzene ring substituents is 1. The molecule has 0 unspecified atom stereocenters. The van der Waals surface area contributed by atoms with Crippen LogP contribution < -0.4 is 4.74 Å². The van der Waals surface area contributed by atoms with Crippen LogP contribution in [0.15, 0.2) is 36.5 Å². The summed E-state index contributed by atoms with van der Waals surface area (Å²) in [5, 5.41) is 10.7. The third kappa shape index (κ3) is 2.73. The number of hydrogen-bond acceptors (Lipinski definition) is 5. The molecule has 0 fully saturated rings. The zero-order valence-electron chi connectivity index (χ0n) is 12.2. The molecule has 0 aliphatic rings. The largest absolute Gasteiger partial charge is 0.487 e. The molecule has 2 aromatic heterocycles. The number of hydrogen-bond donors (Lipinski definition) is 0. The fourth-order valence-electron chi connectivity index (χ4n) is 2.23. The molecule has 7 heteroatoms. The van der Waals surface area contributed by atoms with E-state index in [4.69, 9.17) is 4.74 Å². The molecule has 3 rings (SSSR count). The first-order chi connectivity index (χ1) is 10.5. The van der Waals surface area contributed by atoms with E-state index in [0.29, 0.717) is 17.2 Å². The van der Waals surface area contributed by atoms with Gasteiger partial charge in [-0.2, -0.15) is 0 Å². The highest BCUT2D eigenvalue weighted by molar-refractivity contribution is 5.38. The van der Waals surface area contributed by atoms with Crippen LogP contribution in [0, 0.1) is 24.0 Å². The smallest absolute Gasteiger partial charge is 0.273 e. The Morgan fingerprint density at radius 3 is 2.86 bits per heavy atom. The highest BCUT2D eigenvalue weighted by Crippen LogP contribution is 2.20. The van der Waals surface area contributed by atoms with Gasteiger partial charge in [-0.05, 0) is 26.0 Å². The van der Waals surface area contributed by atoms with Crippen LogP contribution in [-0.2, 0) is 6.61 Å². The van der Waals surface area contributed by atoms with Gasteiger partial charge < -0.3 is 4.74 Å². The summed E-state index contributed by atoms with van der Waals surface area (Å²) in [5.74, 6) is 1.06. The first kappa shape index (κ1) is 14.0. The van der Waals surface area contributed by atoms with Gasteiger partial charge in [-0.25, -0.2) is 9.97 Å². The number of imidazole rings is 1. The average Bonchev–Trinajstić information content (AvgIpc) is 2.88. The summed E-state index contributed by atoms with van der Waals surface area (Å²) < 4.78 is 7.46. The molecule has 0 aliphatic heterocycles. The van der Waals surface area contributed by atoms with E-state index in [-0.39, 0.29) is 12.3 Å². The quantitative estimate of drug-likeness (QED) is 0.546. The SMILES string of the molecule is Cc1cc(C)n2cc(COc3cccc([N+](=O)[O-])c3)nc2n1. The lowest BCUT2D eigenvalue weighted by Crippen LogP contribution is -1.96. The molecular formula is C15H14N4O3. The van der Waals surface area contributed by atoms with Crippen molar-refractivity contribution in [1.82, 2.24) is 14.4 Å². The van der Waals surface area contributed by atoms with Crippen LogP contribution in [-0.4, -0.2) is 19.3 Å². The molecule has 0 saturated carbocycles. The maximum atomic E-state index is 10.7. The number of nitro groups is 1. The summed E-state index contributed by atoms with van der Waals surface area (Å²) >= 11 is 0. The molecule has 7 nitrogen and oxygen atoms in total. The summed E-state index contributed by atoms with van der Waals surface area (Å²) in [7, 11) is 0. The molecule has 0 N–H and O–H groups in total. The lowest BCUT2D eigenvalue weighted by atomic mass is 10.3. The molecule has 112 valence electrons. The summed E-state index contributed by atoms with van der Waals surface area (Å²) in [4.78, 5) is 19.0. The monoisotopic (exact) mass is 298 g/mol. The summed E-state index contributed by atoms with van der Waals surface area (Å²) in [5.41, 5.74) is 2.66. The van der Waals surface area contributed by atoms with Gasteiger partial charge in [0, 0.05) is 23.7 Å². The fourth-order valence-corrected chi connectivity index (χ4v) is 2.23. The Bertz CT molecular complexity index is 857. The van der Waals surface area contributed by atoms with E-state index in [2.05, 4.69) is 9.97 Å². The van der Waals surface area contributed by atoms with Gasteiger partial charge >= 0.3 is 0 Å². The minimum Gasteiger partial charge on any atom is -0.487 e. The number of benzene rings is 1. The maximum absolute atomic E-state index is 10.7. The number of nitrogens with zero attached hydrogens (tertiary/aromatic N) is 4. The van der Waals surface area contributed by atoms with Crippen LogP contribution in [0.2, 0.25) is 0 Å². The van der Waals surface area contributed by atoms with E-state index < -0.39 is 4.92 Å². The molecule has 0 amide bonds. The molecule has 0 atom stereocenters. The molecule has 22 heavy (non-hydrogen) atoms. The van der Waals surface area contributed by atoms with Crippen LogP contribution in [0.3, 0.4) is 0 Å². The van der Waals surface area contributed by atoms with Crippen molar-refractivity contribution in [3.63, 3.8) is 0 Å². The van der Waals surface area contributed by atoms with Crippen molar-refractivity contribution in [3.05, 3.63) is 63.7 Å². The molecule has 0 spiro atoms. The number of fused-ring (bicyclic) bond motifs is 1. The fraction of sp³-hybridized carbons (Fsp3) is 0.200. The second-order valence-electron chi connectivity index (χ2n) is 4.98. The zero-order valence-corrected chi connectivity index (χ0v) is 12.2. The van der Waals surface area contributed by atoms with Gasteiger partial charge in [0.05, 0.1) is 16.7 Å². The van der Waals surface area contributed by atoms with Crippen LogP contribution >= 0.6 is 0 Å². The van der Waals surface area contributed by atoms with Crippen molar-refractivity contribution in [2.45, 2.75) is 20.5 Å². The summed E-state index contributed by atoms with van der Waals surface area (Å²) in [6.07, 6.45) is 1.86. The average molecular weight is 298 g/mol. The van der Waals surface area contributed by atoms with Crippen LogP contribution in [0.5, 0.6) is 5.75 Å². The topological polar surface area (TPSA) is 82.6 Å². The normalized spacial score (nSPS) is 10.8. The van der Waals surface area contributed by atoms with Crippen molar-refractivity contribution in [3.8, 4) is 5.75 Å². The van der Waals surface area contributed by atoms with E-state index in [0.717, 1.165) is 11.4 Å². The van der Waals surface area contributed by atoms with E-state index in [1.54, 1.807) is 12.1 Å². The third-order valence-electron chi connectivity index (χ3n) is 3.23. The summed E-state index contributed by atoms with van der Waals surface area (Å²) in [6, 6.07) is 8.06. The van der Waals surface area contributed by atoms with E-state index in [1.807, 2.05) is 30.5 Å². The Morgan fingerprint density at radius 1 is 1.27 bits per heavy atom. The van der Waals surface area contributed by atoms with Crippen molar-refractivity contribution in [2.75, 3.05) is 0 Å². The molecule has 3 aromatic rings. The predicted molar refractivity (Wildman–Crippen MR) is 79.9 cm³/mol. The van der Waals surface area contributed by atoms with Gasteiger partial charge in [0.25, 0.3) is 5.69 Å². The lowest BCUT2D eigenvalue weighted by Gasteiger charge is -2.03. The molecule has 0 bridgehead atoms. The first-order valence-electron chi connectivity index (χ1n) is 6.72. The zero-order chi connectivity index (χ0) is 15.7. The maximum Gasteiger partial charge on any atom is 0.273 e. The summed E-state index contributed by atoms with van der Waals surface area (Å²) in [6.45, 7) is 4.12. The Balaban J connectivity index is 1.81. The molecule has 1 aromatic carbocycles. The first-order valence-corrected chi connectivity index (χ1v) is 6.72. The van der Waals surface area contributed by atoms with Gasteiger partial charge in [0.2, 0.25) is 5.78 Å². The highest BCUT2D eigenvalue weighted by atomic mass is 16.6. The van der Waals surface area contributed by atoms with Gasteiger partial charge in [0.15, 0.2) is 0 Å². The Kier molecular flexibility index (Phi) is 3.46. The number of aromatic nitrogens is 3. The van der Waals surface area contributed by atoms with Gasteiger partial charge in [-0.1, -0.05) is 6.07 Å². The van der Waals surface area contributed by atoms with Crippen LogP contribution in [0.4, 0.5) is 5.69 Å². The van der Waals surface area contributed by atoms with Crippen molar-refractivity contribution >= 4 is 11.5 Å². The highest BCUT2D eigenvalue weighted by Gasteiger charge is 2.09. The van der Waals surface area contributed by atoms with Gasteiger partial charge in [-0.3, -0.25) is 14.5 Å². The third-order valence-corrected chi connectivity index (χ3v) is 3.23. The van der Waals surface area contributed by atoms with E-state index in [1.165, 1.54) is 12.1 Å². The Hall–Kier alpha value is -2.96. The Morgan fingerprint density at radius 2 is 2.09 bits per heavy atom. The molecule has 0 aliphatic carbocycles. The molecule has 2 heterocycles. The number of ether oxygens (including phenoxy) is 1. The minimum atomic E-state index is -0.451. The van der Waals surface area contributed by atoms with Crippen LogP contribution in [0.25, 0.3) is 5.78 Å². The number of non-ortho nitro benzene ring substituents is 1. The predicted octanol–water partition coefficient (Wildman–Crippen LogP) is 2.83. The molecule has 0 saturated heterocycles. The second-order valence-corrected chi connectivity index (χ2v) is 4.98. The number of rotatable bonds is 4. The minimum absolute atomic E-state index is 0.000590. The van der Waals surface area contributed by atoms with E-state index in [9.17, 15) is 10.1 Å².